The summed E-state index contributed by atoms with van der Waals surface area (Å²) in [4.78, 5) is 5.89. The summed E-state index contributed by atoms with van der Waals surface area (Å²) < 4.78 is 0. The molecule has 2 bridgehead atoms. The van der Waals surface area contributed by atoms with Crippen molar-refractivity contribution in [1.82, 2.24) is 9.88 Å². The van der Waals surface area contributed by atoms with Crippen LogP contribution in [-0.2, 0) is 6.54 Å². The lowest BCUT2D eigenvalue weighted by molar-refractivity contribution is 0.237. The zero-order valence-corrected chi connectivity index (χ0v) is 11.9. The van der Waals surface area contributed by atoms with E-state index in [4.69, 9.17) is 0 Å². The predicted molar refractivity (Wildman–Crippen MR) is 84.5 cm³/mol. The van der Waals surface area contributed by atoms with E-state index in [0.29, 0.717) is 5.92 Å². The van der Waals surface area contributed by atoms with E-state index in [9.17, 15) is 0 Å². The fraction of sp³-hybridized carbons (Fsp3) is 0.333. The van der Waals surface area contributed by atoms with Crippen molar-refractivity contribution in [2.45, 2.75) is 19.9 Å². The van der Waals surface area contributed by atoms with Gasteiger partial charge in [-0.2, -0.15) is 0 Å². The fourth-order valence-corrected chi connectivity index (χ4v) is 3.78. The molecule has 1 unspecified atom stereocenters. The van der Waals surface area contributed by atoms with Crippen molar-refractivity contribution in [2.24, 2.45) is 5.92 Å². The Balaban J connectivity index is 1.92. The molecule has 3 aliphatic heterocycles. The van der Waals surface area contributed by atoms with Gasteiger partial charge in [-0.3, -0.25) is 4.90 Å². The summed E-state index contributed by atoms with van der Waals surface area (Å²) in [6.45, 7) is 9.94. The van der Waals surface area contributed by atoms with Crippen molar-refractivity contribution < 1.29 is 0 Å². The minimum atomic E-state index is 0.530. The lowest BCUT2D eigenvalue weighted by atomic mass is 9.78. The number of benzene rings is 1. The molecule has 3 aliphatic rings. The van der Waals surface area contributed by atoms with E-state index in [1.54, 1.807) is 5.57 Å². The third-order valence-corrected chi connectivity index (χ3v) is 4.90. The molecule has 1 aromatic heterocycles. The van der Waals surface area contributed by atoms with E-state index >= 15 is 0 Å². The van der Waals surface area contributed by atoms with Crippen LogP contribution < -0.4 is 0 Å². The molecule has 0 amide bonds. The smallest absolute Gasteiger partial charge is 0.0460 e. The molecule has 102 valence electrons. The lowest BCUT2D eigenvalue weighted by Crippen LogP contribution is -2.37. The number of nitrogens with one attached hydrogen (secondary N) is 1. The van der Waals surface area contributed by atoms with Gasteiger partial charge >= 0.3 is 0 Å². The molecule has 0 saturated carbocycles. The van der Waals surface area contributed by atoms with Gasteiger partial charge in [-0.25, -0.2) is 0 Å². The maximum atomic E-state index is 4.45. The molecule has 0 spiro atoms. The second-order valence-electron chi connectivity index (χ2n) is 6.02. The van der Waals surface area contributed by atoms with Crippen molar-refractivity contribution in [3.05, 3.63) is 53.8 Å². The Morgan fingerprint density at radius 3 is 3.10 bits per heavy atom. The van der Waals surface area contributed by atoms with Gasteiger partial charge in [-0.05, 0) is 60.2 Å². The minimum absolute atomic E-state index is 0.530. The number of nitrogens with zero attached hydrogens (tertiary/aromatic N) is 1. The third kappa shape index (κ3) is 1.68. The molecule has 0 radical (unpaired) electrons. The minimum Gasteiger partial charge on any atom is -0.361 e. The largest absolute Gasteiger partial charge is 0.361 e. The van der Waals surface area contributed by atoms with Crippen LogP contribution in [0.25, 0.3) is 16.5 Å². The maximum Gasteiger partial charge on any atom is 0.0460 e. The van der Waals surface area contributed by atoms with Crippen molar-refractivity contribution in [3.8, 4) is 0 Å². The van der Waals surface area contributed by atoms with Gasteiger partial charge in [0.05, 0.1) is 0 Å². The van der Waals surface area contributed by atoms with Gasteiger partial charge < -0.3 is 4.98 Å². The van der Waals surface area contributed by atoms with Crippen LogP contribution in [-0.4, -0.2) is 23.0 Å². The van der Waals surface area contributed by atoms with Gasteiger partial charge in [-0.1, -0.05) is 18.2 Å². The first kappa shape index (κ1) is 12.0. The lowest BCUT2D eigenvalue weighted by Gasteiger charge is -2.39. The molecule has 1 aromatic carbocycles. The number of piperidine rings is 1. The van der Waals surface area contributed by atoms with E-state index in [2.05, 4.69) is 47.7 Å². The third-order valence-electron chi connectivity index (χ3n) is 4.90. The Labute approximate surface area is 119 Å². The molecular weight excluding hydrogens is 244 g/mol. The van der Waals surface area contributed by atoms with Crippen LogP contribution in [0, 0.1) is 5.92 Å². The summed E-state index contributed by atoms with van der Waals surface area (Å²) >= 11 is 0. The van der Waals surface area contributed by atoms with Crippen LogP contribution in [0.2, 0.25) is 0 Å². The van der Waals surface area contributed by atoms with E-state index < -0.39 is 0 Å². The molecule has 1 fully saturated rings. The maximum absolute atomic E-state index is 4.45. The Bertz CT molecular complexity index is 720. The number of rotatable bonds is 0. The number of aromatic nitrogens is 1. The van der Waals surface area contributed by atoms with Crippen molar-refractivity contribution >= 4 is 16.5 Å². The van der Waals surface area contributed by atoms with Gasteiger partial charge in [0.1, 0.15) is 0 Å². The van der Waals surface area contributed by atoms with E-state index in [0.717, 1.165) is 13.1 Å². The first-order chi connectivity index (χ1) is 9.76. The molecule has 20 heavy (non-hydrogen) atoms. The fourth-order valence-electron chi connectivity index (χ4n) is 3.78. The summed E-state index contributed by atoms with van der Waals surface area (Å²) in [5.41, 5.74) is 6.86. The number of hydrogen-bond acceptors (Lipinski definition) is 1. The molecule has 2 heteroatoms. The van der Waals surface area contributed by atoms with Gasteiger partial charge in [0, 0.05) is 30.7 Å². The van der Waals surface area contributed by atoms with Crippen LogP contribution >= 0.6 is 0 Å². The highest BCUT2D eigenvalue weighted by Crippen LogP contribution is 2.40. The summed E-state index contributed by atoms with van der Waals surface area (Å²) in [5, 5.41) is 1.31. The second kappa shape index (κ2) is 4.35. The standard InChI is InChI=1S/C18H20N2/c1-3-13-10-20-7-5-16(13)12(2)17-9-18-14(4-6-19-18)8-15(17)11-20/h3-4,6,8-9,16,19H,2,5,7,10-11H2,1H3/b13-3-/t16-/m0/s1. The van der Waals surface area contributed by atoms with Gasteiger partial charge in [0.25, 0.3) is 0 Å². The highest BCUT2D eigenvalue weighted by Gasteiger charge is 2.30. The summed E-state index contributed by atoms with van der Waals surface area (Å²) in [6, 6.07) is 6.78. The SMILES string of the molecule is C=C1c2cc3[nH]ccc3cc2CN2CC[C@@H]1/C(=C\C)C2. The number of hydrogen-bond donors (Lipinski definition) is 1. The Morgan fingerprint density at radius 1 is 1.35 bits per heavy atom. The first-order valence-corrected chi connectivity index (χ1v) is 7.43. The molecule has 2 aromatic rings. The van der Waals surface area contributed by atoms with Crippen LogP contribution in [0.4, 0.5) is 0 Å². The zero-order valence-electron chi connectivity index (χ0n) is 11.9. The van der Waals surface area contributed by atoms with Gasteiger partial charge in [-0.15, -0.1) is 0 Å². The molecular formula is C18H20N2. The zero-order chi connectivity index (χ0) is 13.7. The topological polar surface area (TPSA) is 19.0 Å². The van der Waals surface area contributed by atoms with Crippen molar-refractivity contribution in [2.75, 3.05) is 13.1 Å². The Morgan fingerprint density at radius 2 is 2.25 bits per heavy atom. The monoisotopic (exact) mass is 264 g/mol. The molecule has 0 aliphatic carbocycles. The Hall–Kier alpha value is -1.80. The van der Waals surface area contributed by atoms with Crippen molar-refractivity contribution in [1.29, 1.82) is 0 Å². The summed E-state index contributed by atoms with van der Waals surface area (Å²) in [6.07, 6.45) is 5.52. The number of fused-ring (bicyclic) bond motifs is 3. The summed E-state index contributed by atoms with van der Waals surface area (Å²) in [7, 11) is 0. The number of allylic oxidation sites excluding steroid dienone is 2. The number of H-pyrrole nitrogens is 1. The van der Waals surface area contributed by atoms with Gasteiger partial charge in [0.2, 0.25) is 0 Å². The second-order valence-corrected chi connectivity index (χ2v) is 6.02. The Kier molecular flexibility index (Phi) is 2.61. The van der Waals surface area contributed by atoms with Crippen LogP contribution in [0.1, 0.15) is 24.5 Å². The quantitative estimate of drug-likeness (QED) is 0.713. The van der Waals surface area contributed by atoms with E-state index in [1.807, 2.05) is 6.20 Å². The average molecular weight is 264 g/mol. The van der Waals surface area contributed by atoms with Crippen molar-refractivity contribution in [3.63, 3.8) is 0 Å². The van der Waals surface area contributed by atoms with Crippen LogP contribution in [0.5, 0.6) is 0 Å². The molecule has 2 atom stereocenters. The molecule has 1 saturated heterocycles. The van der Waals surface area contributed by atoms with E-state index in [1.165, 1.54) is 40.6 Å². The normalized spacial score (nSPS) is 27.6. The molecule has 5 rings (SSSR count). The highest BCUT2D eigenvalue weighted by molar-refractivity contribution is 5.86. The number of aromatic amines is 1. The average Bonchev–Trinajstić information content (AvgIpc) is 2.91. The molecule has 1 N–H and O–H groups in total. The molecule has 4 heterocycles. The highest BCUT2D eigenvalue weighted by atomic mass is 15.1. The van der Waals surface area contributed by atoms with Crippen LogP contribution in [0.3, 0.4) is 0 Å². The van der Waals surface area contributed by atoms with Gasteiger partial charge in [0.15, 0.2) is 0 Å². The van der Waals surface area contributed by atoms with Crippen LogP contribution in [0.15, 0.2) is 42.6 Å². The van der Waals surface area contributed by atoms with E-state index in [-0.39, 0.29) is 0 Å². The predicted octanol–water partition coefficient (Wildman–Crippen LogP) is 3.96. The first-order valence-electron chi connectivity index (χ1n) is 7.43. The molecule has 2 nitrogen and oxygen atoms in total. The summed E-state index contributed by atoms with van der Waals surface area (Å²) in [5.74, 6) is 0.530.